The Morgan fingerprint density at radius 3 is 2.79 bits per heavy atom. The second kappa shape index (κ2) is 5.07. The summed E-state index contributed by atoms with van der Waals surface area (Å²) < 4.78 is 10.2. The van der Waals surface area contributed by atoms with E-state index in [1.54, 1.807) is 11.0 Å². The molecular weight excluding hydrogens is 246 g/mol. The molecule has 0 bridgehead atoms. The Labute approximate surface area is 112 Å². The molecule has 1 aliphatic rings. The molecule has 1 amide bonds. The maximum atomic E-state index is 12.3. The van der Waals surface area contributed by atoms with Gasteiger partial charge in [-0.2, -0.15) is 0 Å². The summed E-state index contributed by atoms with van der Waals surface area (Å²) in [6.45, 7) is 4.72. The molecule has 19 heavy (non-hydrogen) atoms. The van der Waals surface area contributed by atoms with Crippen molar-refractivity contribution >= 4 is 11.9 Å². The highest BCUT2D eigenvalue weighted by Crippen LogP contribution is 2.32. The zero-order chi connectivity index (χ0) is 14.0. The van der Waals surface area contributed by atoms with Crippen LogP contribution in [0, 0.1) is 5.41 Å². The third kappa shape index (κ3) is 2.50. The summed E-state index contributed by atoms with van der Waals surface area (Å²) >= 11 is 0. The minimum Gasteiger partial charge on any atom is -0.469 e. The average molecular weight is 265 g/mol. The largest absolute Gasteiger partial charge is 0.469 e. The molecule has 2 rings (SSSR count). The fraction of sp³-hybridized carbons (Fsp3) is 0.571. The van der Waals surface area contributed by atoms with Crippen LogP contribution in [0.5, 0.6) is 0 Å². The van der Waals surface area contributed by atoms with Gasteiger partial charge < -0.3 is 14.1 Å². The molecule has 0 unspecified atom stereocenters. The normalized spacial score (nSPS) is 22.6. The van der Waals surface area contributed by atoms with Gasteiger partial charge in [-0.25, -0.2) is 0 Å². The van der Waals surface area contributed by atoms with Gasteiger partial charge in [-0.15, -0.1) is 0 Å². The van der Waals surface area contributed by atoms with Crippen LogP contribution in [0.2, 0.25) is 0 Å². The van der Waals surface area contributed by atoms with Crippen molar-refractivity contribution < 1.29 is 18.7 Å². The van der Waals surface area contributed by atoms with E-state index in [0.717, 1.165) is 12.2 Å². The van der Waals surface area contributed by atoms with Gasteiger partial charge in [0.2, 0.25) is 0 Å². The van der Waals surface area contributed by atoms with Gasteiger partial charge in [-0.3, -0.25) is 9.59 Å². The lowest BCUT2D eigenvalue weighted by Crippen LogP contribution is -2.35. The number of esters is 1. The van der Waals surface area contributed by atoms with Crippen LogP contribution in [0.15, 0.2) is 16.5 Å². The molecule has 104 valence electrons. The fourth-order valence-electron chi connectivity index (χ4n) is 2.39. The third-order valence-electron chi connectivity index (χ3n) is 3.66. The summed E-state index contributed by atoms with van der Waals surface area (Å²) in [7, 11) is 1.37. The lowest BCUT2D eigenvalue weighted by atomic mass is 9.90. The van der Waals surface area contributed by atoms with E-state index in [1.807, 2.05) is 19.9 Å². The van der Waals surface area contributed by atoms with Crippen molar-refractivity contribution in [3.8, 4) is 0 Å². The van der Waals surface area contributed by atoms with Crippen molar-refractivity contribution in [3.05, 3.63) is 23.7 Å². The maximum Gasteiger partial charge on any atom is 0.313 e. The molecule has 1 aliphatic heterocycles. The van der Waals surface area contributed by atoms with Crippen LogP contribution in [0.3, 0.4) is 0 Å². The molecule has 5 heteroatoms. The quantitative estimate of drug-likeness (QED) is 0.783. The summed E-state index contributed by atoms with van der Waals surface area (Å²) in [4.78, 5) is 25.6. The van der Waals surface area contributed by atoms with Crippen LogP contribution >= 0.6 is 0 Å². The highest BCUT2D eigenvalue weighted by molar-refractivity contribution is 5.92. The highest BCUT2D eigenvalue weighted by Gasteiger charge is 2.43. The highest BCUT2D eigenvalue weighted by atomic mass is 16.5. The van der Waals surface area contributed by atoms with Crippen LogP contribution in [0.1, 0.15) is 36.6 Å². The van der Waals surface area contributed by atoms with Gasteiger partial charge in [0.25, 0.3) is 5.91 Å². The van der Waals surface area contributed by atoms with Gasteiger partial charge in [0.05, 0.1) is 12.5 Å². The van der Waals surface area contributed by atoms with E-state index in [1.165, 1.54) is 7.11 Å². The number of aryl methyl sites for hydroxylation is 1. The summed E-state index contributed by atoms with van der Waals surface area (Å²) in [6.07, 6.45) is 1.37. The monoisotopic (exact) mass is 265 g/mol. The lowest BCUT2D eigenvalue weighted by Gasteiger charge is -2.21. The molecule has 0 aliphatic carbocycles. The Balaban J connectivity index is 2.08. The predicted molar refractivity (Wildman–Crippen MR) is 68.7 cm³/mol. The van der Waals surface area contributed by atoms with Crippen molar-refractivity contribution in [2.75, 3.05) is 20.2 Å². The Morgan fingerprint density at radius 1 is 1.47 bits per heavy atom. The maximum absolute atomic E-state index is 12.3. The molecule has 2 heterocycles. The number of ether oxygens (including phenoxy) is 1. The summed E-state index contributed by atoms with van der Waals surface area (Å²) in [5.74, 6) is 0.702. The van der Waals surface area contributed by atoms with Crippen LogP contribution in [-0.2, 0) is 16.0 Å². The molecule has 0 spiro atoms. The van der Waals surface area contributed by atoms with E-state index in [-0.39, 0.29) is 11.9 Å². The smallest absolute Gasteiger partial charge is 0.313 e. The van der Waals surface area contributed by atoms with Crippen LogP contribution in [0.25, 0.3) is 0 Å². The van der Waals surface area contributed by atoms with Crippen LogP contribution in [-0.4, -0.2) is 37.0 Å². The number of likely N-dealkylation sites (tertiary alicyclic amines) is 1. The zero-order valence-corrected chi connectivity index (χ0v) is 11.6. The molecular formula is C14H19NO4. The first-order valence-electron chi connectivity index (χ1n) is 6.46. The Hall–Kier alpha value is -1.78. The molecule has 5 nitrogen and oxygen atoms in total. The van der Waals surface area contributed by atoms with E-state index < -0.39 is 5.41 Å². The molecule has 0 N–H and O–H groups in total. The molecule has 0 aromatic carbocycles. The van der Waals surface area contributed by atoms with Crippen molar-refractivity contribution in [1.29, 1.82) is 0 Å². The number of amides is 1. The number of methoxy groups -OCH3 is 1. The first-order valence-corrected chi connectivity index (χ1v) is 6.46. The number of carbonyl (C=O) groups excluding carboxylic acids is 2. The number of carbonyl (C=O) groups is 2. The van der Waals surface area contributed by atoms with E-state index in [4.69, 9.17) is 9.15 Å². The van der Waals surface area contributed by atoms with Gasteiger partial charge >= 0.3 is 5.97 Å². The van der Waals surface area contributed by atoms with Crippen LogP contribution in [0.4, 0.5) is 0 Å². The summed E-state index contributed by atoms with van der Waals surface area (Å²) in [5, 5.41) is 0. The SMILES string of the molecule is CCc1ccc(C(=O)N2CC[C@@](C)(C(=O)OC)C2)o1. The molecule has 0 radical (unpaired) electrons. The molecule has 1 aromatic rings. The van der Waals surface area contributed by atoms with Crippen LogP contribution < -0.4 is 0 Å². The first-order chi connectivity index (χ1) is 9.00. The zero-order valence-electron chi connectivity index (χ0n) is 11.6. The Morgan fingerprint density at radius 2 is 2.21 bits per heavy atom. The number of nitrogens with zero attached hydrogens (tertiary/aromatic N) is 1. The molecule has 1 atom stereocenters. The fourth-order valence-corrected chi connectivity index (χ4v) is 2.39. The van der Waals surface area contributed by atoms with Crippen molar-refractivity contribution in [3.63, 3.8) is 0 Å². The number of furan rings is 1. The van der Waals surface area contributed by atoms with Gasteiger partial charge in [-0.1, -0.05) is 6.92 Å². The topological polar surface area (TPSA) is 59.8 Å². The second-order valence-electron chi connectivity index (χ2n) is 5.15. The minimum atomic E-state index is -0.607. The van der Waals surface area contributed by atoms with E-state index in [9.17, 15) is 9.59 Å². The second-order valence-corrected chi connectivity index (χ2v) is 5.15. The number of hydrogen-bond acceptors (Lipinski definition) is 4. The molecule has 1 fully saturated rings. The first kappa shape index (κ1) is 13.6. The van der Waals surface area contributed by atoms with Crippen molar-refractivity contribution in [1.82, 2.24) is 4.90 Å². The van der Waals surface area contributed by atoms with Crippen molar-refractivity contribution in [2.45, 2.75) is 26.7 Å². The summed E-state index contributed by atoms with van der Waals surface area (Å²) in [6, 6.07) is 3.50. The predicted octanol–water partition coefficient (Wildman–Crippen LogP) is 1.87. The van der Waals surface area contributed by atoms with Gasteiger partial charge in [0.15, 0.2) is 5.76 Å². The lowest BCUT2D eigenvalue weighted by molar-refractivity contribution is -0.150. The third-order valence-corrected chi connectivity index (χ3v) is 3.66. The summed E-state index contributed by atoms with van der Waals surface area (Å²) in [5.41, 5.74) is -0.607. The number of rotatable bonds is 3. The van der Waals surface area contributed by atoms with Gasteiger partial charge in [-0.05, 0) is 25.5 Å². The average Bonchev–Trinajstić information content (AvgIpc) is 3.04. The van der Waals surface area contributed by atoms with Gasteiger partial charge in [0.1, 0.15) is 5.76 Å². The molecule has 0 saturated carbocycles. The number of hydrogen-bond donors (Lipinski definition) is 0. The van der Waals surface area contributed by atoms with E-state index in [0.29, 0.717) is 25.3 Å². The Bertz CT molecular complexity index is 493. The van der Waals surface area contributed by atoms with E-state index >= 15 is 0 Å². The van der Waals surface area contributed by atoms with Gasteiger partial charge in [0, 0.05) is 19.5 Å². The van der Waals surface area contributed by atoms with Crippen molar-refractivity contribution in [2.24, 2.45) is 5.41 Å². The molecule has 1 aromatic heterocycles. The standard InChI is InChI=1S/C14H19NO4/c1-4-10-5-6-11(19-10)12(16)15-8-7-14(2,9-15)13(17)18-3/h5-6H,4,7-9H2,1-3H3/t14-/m1/s1. The Kier molecular flexibility index (Phi) is 3.64. The minimum absolute atomic E-state index is 0.160. The van der Waals surface area contributed by atoms with E-state index in [2.05, 4.69) is 0 Å². The molecule has 1 saturated heterocycles.